The molecule has 0 bridgehead atoms. The Morgan fingerprint density at radius 3 is 2.42 bits per heavy atom. The highest BCUT2D eigenvalue weighted by molar-refractivity contribution is 5.69. The first-order valence-corrected chi connectivity index (χ1v) is 7.21. The monoisotopic (exact) mass is 272 g/mol. The van der Waals surface area contributed by atoms with Crippen LogP contribution in [0.25, 0.3) is 0 Å². The lowest BCUT2D eigenvalue weighted by molar-refractivity contribution is -0.887. The quantitative estimate of drug-likeness (QED) is 0.365. The van der Waals surface area contributed by atoms with Gasteiger partial charge in [-0.2, -0.15) is 0 Å². The Morgan fingerprint density at radius 2 is 1.89 bits per heavy atom. The molecule has 112 valence electrons. The number of unbranched alkanes of at least 4 members (excludes halogenated alkanes) is 3. The van der Waals surface area contributed by atoms with Gasteiger partial charge in [-0.1, -0.05) is 26.7 Å². The fourth-order valence-corrected chi connectivity index (χ4v) is 1.91. The van der Waals surface area contributed by atoms with Gasteiger partial charge in [0.1, 0.15) is 12.3 Å². The molecule has 0 fully saturated rings. The first kappa shape index (κ1) is 18.0. The molecular formula is C15H30NO3+. The predicted molar refractivity (Wildman–Crippen MR) is 78.1 cm³/mol. The lowest BCUT2D eigenvalue weighted by Crippen LogP contribution is -2.43. The number of allylic oxidation sites excluding steroid dienone is 1. The maximum absolute atomic E-state index is 10.8. The van der Waals surface area contributed by atoms with Crippen LogP contribution in [0.2, 0.25) is 0 Å². The molecule has 0 saturated heterocycles. The van der Waals surface area contributed by atoms with E-state index in [9.17, 15) is 9.90 Å². The molecule has 0 radical (unpaired) electrons. The number of nitrogens with zero attached hydrogens (tertiary/aromatic N) is 1. The molecule has 0 aromatic rings. The number of aliphatic hydroxyl groups is 1. The van der Waals surface area contributed by atoms with Gasteiger partial charge < -0.3 is 14.7 Å². The van der Waals surface area contributed by atoms with Crippen molar-refractivity contribution >= 4 is 5.97 Å². The number of hydrogen-bond acceptors (Lipinski definition) is 2. The van der Waals surface area contributed by atoms with Crippen LogP contribution in [0.4, 0.5) is 0 Å². The maximum atomic E-state index is 10.8. The molecular weight excluding hydrogens is 242 g/mol. The lowest BCUT2D eigenvalue weighted by atomic mass is 10.1. The number of aliphatic hydroxyl groups excluding tert-OH is 1. The van der Waals surface area contributed by atoms with Crippen LogP contribution in [0.5, 0.6) is 0 Å². The summed E-state index contributed by atoms with van der Waals surface area (Å²) >= 11 is 0. The smallest absolute Gasteiger partial charge is 0.306 e. The van der Waals surface area contributed by atoms with Crippen molar-refractivity contribution in [3.63, 3.8) is 0 Å². The van der Waals surface area contributed by atoms with Crippen LogP contribution in [-0.4, -0.2) is 47.9 Å². The predicted octanol–water partition coefficient (Wildman–Crippen LogP) is 3.20. The molecule has 0 amide bonds. The summed E-state index contributed by atoms with van der Waals surface area (Å²) in [5, 5.41) is 18.7. The Morgan fingerprint density at radius 1 is 1.26 bits per heavy atom. The topological polar surface area (TPSA) is 57.5 Å². The molecule has 0 aromatic carbocycles. The van der Waals surface area contributed by atoms with Crippen molar-refractivity contribution in [1.82, 2.24) is 0 Å². The summed E-state index contributed by atoms with van der Waals surface area (Å²) in [6.45, 7) is 5.20. The highest BCUT2D eigenvalue weighted by Gasteiger charge is 2.20. The minimum Gasteiger partial charge on any atom is -0.507 e. The van der Waals surface area contributed by atoms with Crippen LogP contribution >= 0.6 is 0 Å². The zero-order valence-electron chi connectivity index (χ0n) is 12.9. The van der Waals surface area contributed by atoms with E-state index in [1.54, 1.807) is 6.92 Å². The third-order valence-electron chi connectivity index (χ3n) is 3.37. The zero-order valence-corrected chi connectivity index (χ0v) is 12.9. The van der Waals surface area contributed by atoms with Gasteiger partial charge in [0.15, 0.2) is 0 Å². The highest BCUT2D eigenvalue weighted by atomic mass is 16.4. The Hall–Kier alpha value is -1.03. The van der Waals surface area contributed by atoms with Gasteiger partial charge in [-0.05, 0) is 18.9 Å². The average molecular weight is 272 g/mol. The molecule has 4 heteroatoms. The third kappa shape index (κ3) is 9.54. The molecule has 0 spiro atoms. The Kier molecular flexibility index (Phi) is 8.48. The summed E-state index contributed by atoms with van der Waals surface area (Å²) in [7, 11) is 4.04. The van der Waals surface area contributed by atoms with Crippen molar-refractivity contribution in [2.75, 3.05) is 27.2 Å². The van der Waals surface area contributed by atoms with E-state index in [0.29, 0.717) is 23.2 Å². The van der Waals surface area contributed by atoms with E-state index in [1.165, 1.54) is 12.8 Å². The number of hydrogen-bond donors (Lipinski definition) is 2. The molecule has 4 nitrogen and oxygen atoms in total. The second-order valence-corrected chi connectivity index (χ2v) is 6.04. The van der Waals surface area contributed by atoms with Crippen molar-refractivity contribution in [3.8, 4) is 0 Å². The number of quaternary nitrogens is 1. The molecule has 0 aromatic heterocycles. The third-order valence-corrected chi connectivity index (χ3v) is 3.37. The van der Waals surface area contributed by atoms with Crippen LogP contribution in [0.1, 0.15) is 46.0 Å². The fraction of sp³-hybridized carbons (Fsp3) is 0.800. The number of carboxylic acid groups (broad SMARTS) is 1. The molecule has 0 aliphatic heterocycles. The molecule has 2 N–H and O–H groups in total. The minimum absolute atomic E-state index is 0.326. The summed E-state index contributed by atoms with van der Waals surface area (Å²) in [6, 6.07) is 0. The minimum atomic E-state index is -0.751. The van der Waals surface area contributed by atoms with Gasteiger partial charge in [-0.15, -0.1) is 0 Å². The van der Waals surface area contributed by atoms with E-state index in [1.807, 2.05) is 20.2 Å². The number of carboxylic acids is 1. The van der Waals surface area contributed by atoms with E-state index in [0.717, 1.165) is 19.4 Å². The lowest BCUT2D eigenvalue weighted by Gasteiger charge is -2.30. The van der Waals surface area contributed by atoms with Gasteiger partial charge in [0.2, 0.25) is 0 Å². The van der Waals surface area contributed by atoms with E-state index in [4.69, 9.17) is 5.11 Å². The molecule has 0 heterocycles. The van der Waals surface area contributed by atoms with Crippen LogP contribution in [0, 0.1) is 5.92 Å². The van der Waals surface area contributed by atoms with Gasteiger partial charge in [-0.25, -0.2) is 0 Å². The van der Waals surface area contributed by atoms with Gasteiger partial charge in [0.05, 0.1) is 26.6 Å². The molecule has 1 unspecified atom stereocenters. The summed E-state index contributed by atoms with van der Waals surface area (Å²) in [4.78, 5) is 10.8. The molecule has 1 atom stereocenters. The number of likely N-dealkylation sites (N-methyl/N-ethyl adjacent to an activating group) is 1. The van der Waals surface area contributed by atoms with Crippen LogP contribution in [-0.2, 0) is 4.79 Å². The van der Waals surface area contributed by atoms with Gasteiger partial charge >= 0.3 is 5.97 Å². The summed E-state index contributed by atoms with van der Waals surface area (Å²) in [5.74, 6) is -0.656. The maximum Gasteiger partial charge on any atom is 0.306 e. The highest BCUT2D eigenvalue weighted by Crippen LogP contribution is 2.11. The summed E-state index contributed by atoms with van der Waals surface area (Å²) in [6.07, 6.45) is 6.94. The SMILES string of the molecule is CCCCC/C=C(\O)C[N+](C)(C)CCC(C)C(=O)O. The summed E-state index contributed by atoms with van der Waals surface area (Å²) in [5.41, 5.74) is 0. The normalized spacial score (nSPS) is 14.4. The Balaban J connectivity index is 4.09. The van der Waals surface area contributed by atoms with E-state index in [-0.39, 0.29) is 5.92 Å². The molecule has 0 aliphatic carbocycles. The molecule has 0 saturated carbocycles. The average Bonchev–Trinajstić information content (AvgIpc) is 2.31. The largest absolute Gasteiger partial charge is 0.507 e. The number of carbonyl (C=O) groups is 1. The van der Waals surface area contributed by atoms with E-state index in [2.05, 4.69) is 6.92 Å². The van der Waals surface area contributed by atoms with E-state index < -0.39 is 5.97 Å². The van der Waals surface area contributed by atoms with Gasteiger partial charge in [-0.3, -0.25) is 4.79 Å². The first-order valence-electron chi connectivity index (χ1n) is 7.21. The summed E-state index contributed by atoms with van der Waals surface area (Å²) < 4.78 is 0.619. The standard InChI is InChI=1S/C15H29NO3/c1-5-6-7-8-9-14(17)12-16(3,4)11-10-13(2)15(18)19/h9,13H,5-8,10-12H2,1-4H3,(H-,17,18,19)/p+1/b14-9-. The fourth-order valence-electron chi connectivity index (χ4n) is 1.91. The zero-order chi connectivity index (χ0) is 14.9. The van der Waals surface area contributed by atoms with E-state index >= 15 is 0 Å². The first-order chi connectivity index (χ1) is 8.78. The van der Waals surface area contributed by atoms with Gasteiger partial charge in [0, 0.05) is 6.42 Å². The van der Waals surface area contributed by atoms with Crippen molar-refractivity contribution in [2.45, 2.75) is 46.0 Å². The molecule has 19 heavy (non-hydrogen) atoms. The number of rotatable bonds is 10. The van der Waals surface area contributed by atoms with Crippen molar-refractivity contribution in [1.29, 1.82) is 0 Å². The van der Waals surface area contributed by atoms with Crippen LogP contribution < -0.4 is 0 Å². The van der Waals surface area contributed by atoms with Crippen molar-refractivity contribution < 1.29 is 19.5 Å². The van der Waals surface area contributed by atoms with Crippen molar-refractivity contribution in [3.05, 3.63) is 11.8 Å². The van der Waals surface area contributed by atoms with Crippen LogP contribution in [0.15, 0.2) is 11.8 Å². The van der Waals surface area contributed by atoms with Gasteiger partial charge in [0.25, 0.3) is 0 Å². The van der Waals surface area contributed by atoms with Crippen molar-refractivity contribution in [2.24, 2.45) is 5.92 Å². The molecule has 0 aliphatic rings. The Labute approximate surface area is 117 Å². The Bertz CT molecular complexity index is 298. The number of aliphatic carboxylic acids is 1. The van der Waals surface area contributed by atoms with Crippen LogP contribution in [0.3, 0.4) is 0 Å². The second-order valence-electron chi connectivity index (χ2n) is 6.04. The second kappa shape index (κ2) is 8.97. The molecule has 0 rings (SSSR count).